The molecule has 2 aromatic carbocycles. The number of amides is 1. The van der Waals surface area contributed by atoms with E-state index in [0.29, 0.717) is 0 Å². The number of carbonyl (C=O) groups is 1. The van der Waals surface area contributed by atoms with E-state index in [2.05, 4.69) is 17.9 Å². The van der Waals surface area contributed by atoms with Crippen LogP contribution in [0, 0.1) is 6.92 Å². The average Bonchev–Trinajstić information content (AvgIpc) is 2.61. The lowest BCUT2D eigenvalue weighted by atomic mass is 9.86. The van der Waals surface area contributed by atoms with Crippen molar-refractivity contribution in [3.05, 3.63) is 53.1 Å². The largest absolute Gasteiger partial charge is 0.457 e. The second-order valence-electron chi connectivity index (χ2n) is 6.50. The number of nitrogen functional groups attached to an aromatic ring is 1. The first-order valence-electron chi connectivity index (χ1n) is 8.14. The number of carbonyl (C=O) groups excluding carboxylic acids is 1. The summed E-state index contributed by atoms with van der Waals surface area (Å²) in [5.74, 6) is -7.64. The number of thiol groups is 1. The van der Waals surface area contributed by atoms with Gasteiger partial charge in [-0.15, -0.1) is 12.6 Å². The van der Waals surface area contributed by atoms with E-state index in [9.17, 15) is 44.3 Å². The summed E-state index contributed by atoms with van der Waals surface area (Å²) in [5.41, 5.74) is -3.14. The van der Waals surface area contributed by atoms with E-state index in [1.54, 1.807) is 0 Å². The van der Waals surface area contributed by atoms with Gasteiger partial charge in [0.05, 0.1) is 5.69 Å². The maximum atomic E-state index is 14.6. The van der Waals surface area contributed by atoms with Gasteiger partial charge in [-0.3, -0.25) is 4.79 Å². The second-order valence-corrected chi connectivity index (χ2v) is 6.98. The van der Waals surface area contributed by atoms with Crippen LogP contribution in [0.4, 0.5) is 50.9 Å². The second kappa shape index (κ2) is 7.84. The molecule has 3 nitrogen and oxygen atoms in total. The monoisotopic (exact) mass is 476 g/mol. The van der Waals surface area contributed by atoms with Gasteiger partial charge in [0.25, 0.3) is 5.91 Å². The smallest absolute Gasteiger partial charge is 0.399 e. The van der Waals surface area contributed by atoms with Crippen LogP contribution in [-0.2, 0) is 5.67 Å². The molecule has 1 amide bonds. The van der Waals surface area contributed by atoms with E-state index in [-0.39, 0.29) is 29.1 Å². The molecule has 0 heterocycles. The Balaban J connectivity index is 2.58. The van der Waals surface area contributed by atoms with Gasteiger partial charge in [0.2, 0.25) is 0 Å². The van der Waals surface area contributed by atoms with Gasteiger partial charge < -0.3 is 11.1 Å². The van der Waals surface area contributed by atoms with Gasteiger partial charge in [-0.1, -0.05) is 12.1 Å². The normalized spacial score (nSPS) is 14.8. The molecule has 3 N–H and O–H groups in total. The number of halogens is 9. The number of aryl methyl sites for hydroxylation is 1. The first-order valence-corrected chi connectivity index (χ1v) is 8.59. The summed E-state index contributed by atoms with van der Waals surface area (Å²) in [6, 6.07) is 5.65. The van der Waals surface area contributed by atoms with Gasteiger partial charge >= 0.3 is 23.9 Å². The zero-order valence-corrected chi connectivity index (χ0v) is 16.2. The Hall–Kier alpha value is -2.57. The maximum Gasteiger partial charge on any atom is 0.457 e. The van der Waals surface area contributed by atoms with Crippen LogP contribution in [0.5, 0.6) is 0 Å². The van der Waals surface area contributed by atoms with E-state index < -0.39 is 45.9 Å². The summed E-state index contributed by atoms with van der Waals surface area (Å²) in [6.45, 7) is 0.973. The van der Waals surface area contributed by atoms with E-state index in [1.807, 2.05) is 0 Å². The van der Waals surface area contributed by atoms with Crippen molar-refractivity contribution in [3.63, 3.8) is 0 Å². The molecule has 1 atom stereocenters. The number of alkyl halides is 9. The number of hydrogen-bond donors (Lipinski definition) is 3. The fourth-order valence-electron chi connectivity index (χ4n) is 2.71. The molecule has 0 spiro atoms. The topological polar surface area (TPSA) is 55.1 Å². The summed E-state index contributed by atoms with van der Waals surface area (Å²) in [6.07, 6.45) is -13.5. The molecule has 2 aromatic rings. The third kappa shape index (κ3) is 4.27. The van der Waals surface area contributed by atoms with Crippen LogP contribution in [0.2, 0.25) is 0 Å². The summed E-state index contributed by atoms with van der Waals surface area (Å²) < 4.78 is 119. The minimum absolute atomic E-state index is 0.00921. The maximum absolute atomic E-state index is 14.6. The van der Waals surface area contributed by atoms with Gasteiger partial charge in [0.15, 0.2) is 0 Å². The Morgan fingerprint density at radius 2 is 1.52 bits per heavy atom. The molecule has 31 heavy (non-hydrogen) atoms. The number of rotatable bonds is 4. The SMILES string of the molecule is Cc1cc(C(F)(C(F)(F)F)C(F)(F)C(F)(F)F)cc(S)c1NC(=O)c1cccc(N)c1. The third-order valence-corrected chi connectivity index (χ3v) is 4.63. The standard InChI is InChI=1S/C18H13F9N2OS/c1-8-5-10(15(19,17(22,23)24)16(20,21)18(25,26)27)7-12(31)13(8)29-14(30)9-3-2-4-11(28)6-9/h2-7,31H,28H2,1H3,(H,29,30). The summed E-state index contributed by atoms with van der Waals surface area (Å²) in [5, 5.41) is 2.22. The fourth-order valence-corrected chi connectivity index (χ4v) is 3.09. The Bertz CT molecular complexity index is 981. The molecule has 0 fully saturated rings. The Kier molecular flexibility index (Phi) is 6.25. The lowest BCUT2D eigenvalue weighted by molar-refractivity contribution is -0.389. The summed E-state index contributed by atoms with van der Waals surface area (Å²) in [7, 11) is 0. The van der Waals surface area contributed by atoms with Crippen LogP contribution < -0.4 is 11.1 Å². The molecule has 0 saturated carbocycles. The van der Waals surface area contributed by atoms with Crippen LogP contribution in [0.15, 0.2) is 41.3 Å². The van der Waals surface area contributed by atoms with Crippen molar-refractivity contribution in [1.82, 2.24) is 0 Å². The van der Waals surface area contributed by atoms with Crippen molar-refractivity contribution in [2.45, 2.75) is 35.8 Å². The van der Waals surface area contributed by atoms with Gasteiger partial charge in [0, 0.05) is 21.7 Å². The lowest BCUT2D eigenvalue weighted by Crippen LogP contribution is -2.59. The van der Waals surface area contributed by atoms with Crippen LogP contribution >= 0.6 is 12.6 Å². The number of nitrogens with one attached hydrogen (secondary N) is 1. The zero-order chi connectivity index (χ0) is 24.0. The molecule has 1 unspecified atom stereocenters. The van der Waals surface area contributed by atoms with Gasteiger partial charge in [-0.2, -0.15) is 35.1 Å². The van der Waals surface area contributed by atoms with Crippen LogP contribution in [0.1, 0.15) is 21.5 Å². The number of nitrogens with two attached hydrogens (primary N) is 1. The molecule has 0 radical (unpaired) electrons. The Morgan fingerprint density at radius 3 is 1.97 bits per heavy atom. The van der Waals surface area contributed by atoms with Crippen molar-refractivity contribution in [3.8, 4) is 0 Å². The highest BCUT2D eigenvalue weighted by atomic mass is 32.1. The van der Waals surface area contributed by atoms with Crippen molar-refractivity contribution in [1.29, 1.82) is 0 Å². The van der Waals surface area contributed by atoms with E-state index in [0.717, 1.165) is 6.92 Å². The number of benzene rings is 2. The number of anilines is 2. The van der Waals surface area contributed by atoms with E-state index in [1.165, 1.54) is 24.3 Å². The van der Waals surface area contributed by atoms with Crippen LogP contribution in [0.25, 0.3) is 0 Å². The molecule has 0 saturated heterocycles. The Morgan fingerprint density at radius 1 is 0.935 bits per heavy atom. The molecule has 0 aromatic heterocycles. The van der Waals surface area contributed by atoms with Crippen molar-refractivity contribution in [2.24, 2.45) is 0 Å². The highest BCUT2D eigenvalue weighted by Gasteiger charge is 2.81. The molecule has 13 heteroatoms. The molecule has 0 bridgehead atoms. The number of hydrogen-bond acceptors (Lipinski definition) is 3. The predicted octanol–water partition coefficient (Wildman–Crippen LogP) is 6.04. The summed E-state index contributed by atoms with van der Waals surface area (Å²) >= 11 is 3.74. The molecule has 170 valence electrons. The van der Waals surface area contributed by atoms with Crippen molar-refractivity contribution >= 4 is 29.9 Å². The highest BCUT2D eigenvalue weighted by Crippen LogP contribution is 2.58. The average molecular weight is 476 g/mol. The van der Waals surface area contributed by atoms with E-state index in [4.69, 9.17) is 5.73 Å². The van der Waals surface area contributed by atoms with Crippen molar-refractivity contribution in [2.75, 3.05) is 11.1 Å². The van der Waals surface area contributed by atoms with Gasteiger partial charge in [-0.25, -0.2) is 4.39 Å². The third-order valence-electron chi connectivity index (χ3n) is 4.28. The quantitative estimate of drug-likeness (QED) is 0.286. The molecule has 0 aliphatic rings. The highest BCUT2D eigenvalue weighted by molar-refractivity contribution is 7.80. The first-order chi connectivity index (χ1) is 13.9. The molecule has 2 rings (SSSR count). The van der Waals surface area contributed by atoms with Gasteiger partial charge in [0.1, 0.15) is 0 Å². The minimum Gasteiger partial charge on any atom is -0.399 e. The zero-order valence-electron chi connectivity index (χ0n) is 15.3. The van der Waals surface area contributed by atoms with Crippen LogP contribution in [0.3, 0.4) is 0 Å². The summed E-state index contributed by atoms with van der Waals surface area (Å²) in [4.78, 5) is 11.6. The first kappa shape index (κ1) is 24.7. The van der Waals surface area contributed by atoms with Crippen LogP contribution in [-0.4, -0.2) is 24.2 Å². The molecule has 0 aliphatic carbocycles. The van der Waals surface area contributed by atoms with E-state index >= 15 is 0 Å². The van der Waals surface area contributed by atoms with Crippen molar-refractivity contribution < 1.29 is 44.3 Å². The molecular formula is C18H13F9N2OS. The minimum atomic E-state index is -6.85. The molecular weight excluding hydrogens is 463 g/mol. The fraction of sp³-hybridized carbons (Fsp3) is 0.278. The van der Waals surface area contributed by atoms with Gasteiger partial charge in [-0.05, 0) is 36.8 Å². The predicted molar refractivity (Wildman–Crippen MR) is 97.1 cm³/mol. The molecule has 0 aliphatic heterocycles. The lowest BCUT2D eigenvalue weighted by Gasteiger charge is -2.36. The Labute approximate surface area is 174 Å².